The maximum atomic E-state index is 13.3. The molecule has 2 amide bonds. The van der Waals surface area contributed by atoms with Gasteiger partial charge in [-0.15, -0.1) is 0 Å². The zero-order valence-electron chi connectivity index (χ0n) is 16.3. The molecule has 1 aliphatic heterocycles. The predicted molar refractivity (Wildman–Crippen MR) is 104 cm³/mol. The lowest BCUT2D eigenvalue weighted by Crippen LogP contribution is -2.56. The zero-order chi connectivity index (χ0) is 21.4. The van der Waals surface area contributed by atoms with Crippen LogP contribution in [0.4, 0.5) is 4.39 Å². The van der Waals surface area contributed by atoms with E-state index in [2.05, 4.69) is 22.5 Å². The number of benzene rings is 1. The van der Waals surface area contributed by atoms with Crippen molar-refractivity contribution in [3.8, 4) is 5.75 Å². The molecule has 0 spiro atoms. The summed E-state index contributed by atoms with van der Waals surface area (Å²) in [6.07, 6.45) is -0.0294. The van der Waals surface area contributed by atoms with Gasteiger partial charge in [-0.2, -0.15) is 0 Å². The van der Waals surface area contributed by atoms with E-state index in [1.807, 2.05) is 13.8 Å². The number of rotatable bonds is 9. The van der Waals surface area contributed by atoms with Crippen LogP contribution < -0.4 is 20.7 Å². The van der Waals surface area contributed by atoms with Crippen LogP contribution in [0.3, 0.4) is 0 Å². The Bertz CT molecular complexity index is 749. The molecular weight excluding hydrogens is 405 g/mol. The van der Waals surface area contributed by atoms with Crippen LogP contribution in [-0.4, -0.2) is 43.3 Å². The third-order valence-electron chi connectivity index (χ3n) is 4.12. The number of halogens is 2. The van der Waals surface area contributed by atoms with E-state index in [1.54, 1.807) is 0 Å². The lowest BCUT2D eigenvalue weighted by molar-refractivity contribution is -0.376. The van der Waals surface area contributed by atoms with E-state index in [9.17, 15) is 14.0 Å². The highest BCUT2D eigenvalue weighted by atomic mass is 35.5. The molecule has 3 atom stereocenters. The molecule has 8 nitrogen and oxygen atoms in total. The molecular formula is C19H25ClFN3O5. The van der Waals surface area contributed by atoms with Crippen LogP contribution in [0.1, 0.15) is 26.7 Å². The van der Waals surface area contributed by atoms with Gasteiger partial charge in [0.25, 0.3) is 11.8 Å². The Morgan fingerprint density at radius 2 is 2.14 bits per heavy atom. The van der Waals surface area contributed by atoms with Crippen LogP contribution >= 0.6 is 11.6 Å². The molecule has 0 saturated carbocycles. The standard InChI is InChI=1S/C19H25ClFN3O5/c1-4-17-24-12(3)18(29-28-17)19(26)23-11(2)7-8-22-16(25)10-27-13-5-6-14(20)15(21)9-13/h5-6,9,12,17-18,24H,2,4,7-8,10H2,1,3H3,(H,22,25)(H,23,26). The summed E-state index contributed by atoms with van der Waals surface area (Å²) in [5.74, 6) is -1.21. The van der Waals surface area contributed by atoms with E-state index in [0.717, 1.165) is 6.07 Å². The second-order valence-corrected chi connectivity index (χ2v) is 6.93. The van der Waals surface area contributed by atoms with Gasteiger partial charge < -0.3 is 15.4 Å². The van der Waals surface area contributed by atoms with Crippen molar-refractivity contribution in [1.82, 2.24) is 16.0 Å². The molecule has 1 fully saturated rings. The highest BCUT2D eigenvalue weighted by molar-refractivity contribution is 6.30. The predicted octanol–water partition coefficient (Wildman–Crippen LogP) is 2.04. The molecule has 0 radical (unpaired) electrons. The first-order valence-electron chi connectivity index (χ1n) is 9.21. The quantitative estimate of drug-likeness (QED) is 0.520. The van der Waals surface area contributed by atoms with Crippen molar-refractivity contribution < 1.29 is 28.5 Å². The maximum absolute atomic E-state index is 13.3. The van der Waals surface area contributed by atoms with Crippen molar-refractivity contribution in [2.45, 2.75) is 45.1 Å². The molecule has 0 aliphatic carbocycles. The highest BCUT2D eigenvalue weighted by Crippen LogP contribution is 2.20. The normalized spacial score (nSPS) is 21.3. The Labute approximate surface area is 173 Å². The smallest absolute Gasteiger partial charge is 0.258 e. The van der Waals surface area contributed by atoms with Crippen LogP contribution in [0.2, 0.25) is 5.02 Å². The molecule has 3 N–H and O–H groups in total. The van der Waals surface area contributed by atoms with Gasteiger partial charge in [0.1, 0.15) is 17.8 Å². The molecule has 2 rings (SSSR count). The molecule has 1 heterocycles. The van der Waals surface area contributed by atoms with Gasteiger partial charge in [0.05, 0.1) is 5.02 Å². The molecule has 29 heavy (non-hydrogen) atoms. The number of hydrogen-bond acceptors (Lipinski definition) is 6. The van der Waals surface area contributed by atoms with Gasteiger partial charge in [-0.3, -0.25) is 14.9 Å². The summed E-state index contributed by atoms with van der Waals surface area (Å²) in [7, 11) is 0. The van der Waals surface area contributed by atoms with E-state index >= 15 is 0 Å². The van der Waals surface area contributed by atoms with Gasteiger partial charge in [-0.05, 0) is 25.5 Å². The fraction of sp³-hybridized carbons (Fsp3) is 0.474. The summed E-state index contributed by atoms with van der Waals surface area (Å²) in [5.41, 5.74) is 0.421. The number of nitrogens with one attached hydrogen (secondary N) is 3. The van der Waals surface area contributed by atoms with Gasteiger partial charge in [-0.1, -0.05) is 25.1 Å². The minimum Gasteiger partial charge on any atom is -0.484 e. The fourth-order valence-electron chi connectivity index (χ4n) is 2.50. The first-order chi connectivity index (χ1) is 13.8. The van der Waals surface area contributed by atoms with Gasteiger partial charge in [0.15, 0.2) is 12.7 Å². The van der Waals surface area contributed by atoms with Crippen molar-refractivity contribution in [2.24, 2.45) is 0 Å². The molecule has 1 saturated heterocycles. The minimum absolute atomic E-state index is 0.0251. The molecule has 160 valence electrons. The van der Waals surface area contributed by atoms with Crippen LogP contribution in [0.15, 0.2) is 30.5 Å². The number of hydrogen-bond donors (Lipinski definition) is 3. The summed E-state index contributed by atoms with van der Waals surface area (Å²) in [5, 5.41) is 8.36. The lowest BCUT2D eigenvalue weighted by Gasteiger charge is -2.33. The second-order valence-electron chi connectivity index (χ2n) is 6.52. The Morgan fingerprint density at radius 1 is 1.38 bits per heavy atom. The summed E-state index contributed by atoms with van der Waals surface area (Å²) >= 11 is 5.58. The maximum Gasteiger partial charge on any atom is 0.258 e. The third-order valence-corrected chi connectivity index (χ3v) is 4.42. The van der Waals surface area contributed by atoms with E-state index < -0.39 is 17.8 Å². The fourth-order valence-corrected chi connectivity index (χ4v) is 2.62. The van der Waals surface area contributed by atoms with Crippen molar-refractivity contribution in [2.75, 3.05) is 13.2 Å². The number of amides is 2. The summed E-state index contributed by atoms with van der Waals surface area (Å²) in [6.45, 7) is 7.48. The Balaban J connectivity index is 1.65. The van der Waals surface area contributed by atoms with Crippen LogP contribution in [-0.2, 0) is 19.4 Å². The number of ether oxygens (including phenoxy) is 1. The molecule has 3 unspecified atom stereocenters. The number of carbonyl (C=O) groups is 2. The van der Waals surface area contributed by atoms with Crippen LogP contribution in [0.25, 0.3) is 0 Å². The highest BCUT2D eigenvalue weighted by Gasteiger charge is 2.34. The lowest BCUT2D eigenvalue weighted by atomic mass is 10.1. The summed E-state index contributed by atoms with van der Waals surface area (Å²) in [6, 6.07) is 3.68. The summed E-state index contributed by atoms with van der Waals surface area (Å²) in [4.78, 5) is 34.3. The first kappa shape index (κ1) is 23.1. The van der Waals surface area contributed by atoms with E-state index in [-0.39, 0.29) is 42.1 Å². The minimum atomic E-state index is -0.808. The van der Waals surface area contributed by atoms with Crippen molar-refractivity contribution in [3.63, 3.8) is 0 Å². The second kappa shape index (κ2) is 11.1. The van der Waals surface area contributed by atoms with E-state index in [4.69, 9.17) is 26.1 Å². The Hall–Kier alpha value is -2.20. The molecule has 1 aromatic rings. The Kier molecular flexibility index (Phi) is 8.84. The number of carbonyl (C=O) groups excluding carboxylic acids is 2. The Morgan fingerprint density at radius 3 is 2.79 bits per heavy atom. The topological polar surface area (TPSA) is 97.9 Å². The van der Waals surface area contributed by atoms with Gasteiger partial charge in [0.2, 0.25) is 0 Å². The molecule has 1 aliphatic rings. The van der Waals surface area contributed by atoms with Gasteiger partial charge >= 0.3 is 0 Å². The van der Waals surface area contributed by atoms with Crippen LogP contribution in [0, 0.1) is 5.82 Å². The van der Waals surface area contributed by atoms with Crippen molar-refractivity contribution >= 4 is 23.4 Å². The zero-order valence-corrected chi connectivity index (χ0v) is 17.1. The average Bonchev–Trinajstić information content (AvgIpc) is 2.68. The van der Waals surface area contributed by atoms with Crippen molar-refractivity contribution in [3.05, 3.63) is 41.3 Å². The molecule has 1 aromatic carbocycles. The molecule has 0 bridgehead atoms. The molecule has 10 heteroatoms. The molecule has 0 aromatic heterocycles. The van der Waals surface area contributed by atoms with Gasteiger partial charge in [-0.25, -0.2) is 14.2 Å². The van der Waals surface area contributed by atoms with E-state index in [0.29, 0.717) is 18.5 Å². The SMILES string of the molecule is C=C(CCNC(=O)COc1ccc(Cl)c(F)c1)NC(=O)C1OOC(CC)NC1C. The van der Waals surface area contributed by atoms with Crippen LogP contribution in [0.5, 0.6) is 5.75 Å². The average molecular weight is 430 g/mol. The largest absolute Gasteiger partial charge is 0.484 e. The van der Waals surface area contributed by atoms with E-state index in [1.165, 1.54) is 12.1 Å². The monoisotopic (exact) mass is 429 g/mol. The first-order valence-corrected chi connectivity index (χ1v) is 9.59. The van der Waals surface area contributed by atoms with Gasteiger partial charge in [0, 0.05) is 30.8 Å². The summed E-state index contributed by atoms with van der Waals surface area (Å²) < 4.78 is 18.5. The third kappa shape index (κ3) is 7.28. The van der Waals surface area contributed by atoms with Crippen molar-refractivity contribution in [1.29, 1.82) is 0 Å².